The molecule has 3 rings (SSSR count). The third-order valence-electron chi connectivity index (χ3n) is 4.25. The molecule has 2 heterocycles. The standard InChI is InChI=1S/C18H20N2O4S3/c1-20(2)14(13-11-26-15-7-5-4-6-12(13)15)10-19-27(22,23)16-8-9-25-17(16)18(21)24-3/h4-9,11,14,19H,10H2,1-3H3/t14-/m1/s1. The minimum absolute atomic E-state index is 0.0490. The first kappa shape index (κ1) is 20.0. The molecule has 9 heteroatoms. The molecule has 0 aliphatic rings. The second-order valence-electron chi connectivity index (χ2n) is 6.12. The zero-order valence-electron chi connectivity index (χ0n) is 15.1. The van der Waals surface area contributed by atoms with Crippen molar-refractivity contribution in [3.8, 4) is 0 Å². The van der Waals surface area contributed by atoms with Gasteiger partial charge in [0.25, 0.3) is 0 Å². The normalized spacial score (nSPS) is 13.2. The highest BCUT2D eigenvalue weighted by Gasteiger charge is 2.27. The lowest BCUT2D eigenvalue weighted by Gasteiger charge is -2.24. The van der Waals surface area contributed by atoms with Crippen LogP contribution >= 0.6 is 22.7 Å². The lowest BCUT2D eigenvalue weighted by molar-refractivity contribution is 0.0602. The van der Waals surface area contributed by atoms with Crippen LogP contribution in [-0.2, 0) is 14.8 Å². The van der Waals surface area contributed by atoms with E-state index >= 15 is 0 Å². The monoisotopic (exact) mass is 424 g/mol. The smallest absolute Gasteiger partial charge is 0.349 e. The third kappa shape index (κ3) is 4.07. The third-order valence-corrected chi connectivity index (χ3v) is 7.72. The van der Waals surface area contributed by atoms with Gasteiger partial charge in [0.2, 0.25) is 10.0 Å². The quantitative estimate of drug-likeness (QED) is 0.589. The van der Waals surface area contributed by atoms with Gasteiger partial charge >= 0.3 is 5.97 Å². The molecule has 0 saturated carbocycles. The fourth-order valence-corrected chi connectivity index (χ4v) is 6.22. The van der Waals surface area contributed by atoms with Gasteiger partial charge in [-0.25, -0.2) is 17.9 Å². The Labute approximate surface area is 166 Å². The van der Waals surface area contributed by atoms with E-state index in [0.717, 1.165) is 27.0 Å². The molecule has 0 aliphatic heterocycles. The van der Waals surface area contributed by atoms with E-state index in [2.05, 4.69) is 14.8 Å². The highest BCUT2D eigenvalue weighted by molar-refractivity contribution is 7.89. The van der Waals surface area contributed by atoms with Gasteiger partial charge in [-0.1, -0.05) is 18.2 Å². The van der Waals surface area contributed by atoms with Gasteiger partial charge in [-0.15, -0.1) is 22.7 Å². The molecule has 144 valence electrons. The number of likely N-dealkylation sites (N-methyl/N-ethyl adjacent to an activating group) is 1. The van der Waals surface area contributed by atoms with E-state index in [0.29, 0.717) is 0 Å². The van der Waals surface area contributed by atoms with Crippen molar-refractivity contribution in [2.45, 2.75) is 10.9 Å². The van der Waals surface area contributed by atoms with Crippen molar-refractivity contribution in [1.29, 1.82) is 0 Å². The van der Waals surface area contributed by atoms with Gasteiger partial charge < -0.3 is 9.64 Å². The molecule has 27 heavy (non-hydrogen) atoms. The molecule has 0 spiro atoms. The predicted molar refractivity (Wildman–Crippen MR) is 109 cm³/mol. The van der Waals surface area contributed by atoms with Crippen molar-refractivity contribution in [2.75, 3.05) is 27.7 Å². The van der Waals surface area contributed by atoms with Gasteiger partial charge in [0.05, 0.1) is 7.11 Å². The van der Waals surface area contributed by atoms with Crippen LogP contribution in [0.1, 0.15) is 21.3 Å². The molecule has 3 aromatic rings. The Kier molecular flexibility index (Phi) is 5.97. The first-order valence-electron chi connectivity index (χ1n) is 8.13. The summed E-state index contributed by atoms with van der Waals surface area (Å²) in [7, 11) is 1.22. The van der Waals surface area contributed by atoms with E-state index in [1.165, 1.54) is 13.2 Å². The van der Waals surface area contributed by atoms with Gasteiger partial charge in [-0.3, -0.25) is 0 Å². The second kappa shape index (κ2) is 8.07. The number of hydrogen-bond donors (Lipinski definition) is 1. The molecule has 0 bridgehead atoms. The minimum Gasteiger partial charge on any atom is -0.465 e. The molecule has 0 amide bonds. The fourth-order valence-electron chi connectivity index (χ4n) is 2.84. The highest BCUT2D eigenvalue weighted by atomic mass is 32.2. The molecule has 0 radical (unpaired) electrons. The Hall–Kier alpha value is -1.78. The van der Waals surface area contributed by atoms with Crippen LogP contribution in [0, 0.1) is 0 Å². The van der Waals surface area contributed by atoms with Crippen molar-refractivity contribution < 1.29 is 17.9 Å². The number of thiophene rings is 2. The maximum atomic E-state index is 12.8. The minimum atomic E-state index is -3.84. The topological polar surface area (TPSA) is 75.7 Å². The number of sulfonamides is 1. The molecule has 0 saturated heterocycles. The number of ether oxygens (including phenoxy) is 1. The van der Waals surface area contributed by atoms with Crippen LogP contribution in [0.5, 0.6) is 0 Å². The molecular weight excluding hydrogens is 404 g/mol. The summed E-state index contributed by atoms with van der Waals surface area (Å²) < 4.78 is 34.0. The fraction of sp³-hybridized carbons (Fsp3) is 0.278. The van der Waals surface area contributed by atoms with E-state index in [4.69, 9.17) is 0 Å². The van der Waals surface area contributed by atoms with E-state index in [-0.39, 0.29) is 22.4 Å². The van der Waals surface area contributed by atoms with Crippen LogP contribution < -0.4 is 4.72 Å². The molecule has 0 aliphatic carbocycles. The molecule has 2 aromatic heterocycles. The van der Waals surface area contributed by atoms with Gasteiger partial charge in [0, 0.05) is 17.3 Å². The largest absolute Gasteiger partial charge is 0.465 e. The molecule has 1 N–H and O–H groups in total. The van der Waals surface area contributed by atoms with Crippen LogP contribution in [0.15, 0.2) is 46.0 Å². The Morgan fingerprint density at radius 3 is 2.67 bits per heavy atom. The summed E-state index contributed by atoms with van der Waals surface area (Å²) in [4.78, 5) is 13.8. The molecule has 1 atom stereocenters. The van der Waals surface area contributed by atoms with Gasteiger partial charge in [-0.2, -0.15) is 0 Å². The second-order valence-corrected chi connectivity index (χ2v) is 9.69. The summed E-state index contributed by atoms with van der Waals surface area (Å²) in [6, 6.07) is 9.33. The molecule has 6 nitrogen and oxygen atoms in total. The van der Waals surface area contributed by atoms with E-state index < -0.39 is 16.0 Å². The van der Waals surface area contributed by atoms with E-state index in [9.17, 15) is 13.2 Å². The zero-order valence-corrected chi connectivity index (χ0v) is 17.6. The van der Waals surface area contributed by atoms with Crippen molar-refractivity contribution in [3.05, 3.63) is 51.5 Å². The number of benzene rings is 1. The van der Waals surface area contributed by atoms with E-state index in [1.807, 2.05) is 43.3 Å². The molecule has 0 fully saturated rings. The van der Waals surface area contributed by atoms with E-state index in [1.54, 1.807) is 16.7 Å². The van der Waals surface area contributed by atoms with Crippen molar-refractivity contribution >= 4 is 48.8 Å². The Bertz CT molecular complexity index is 1050. The first-order chi connectivity index (χ1) is 12.8. The number of methoxy groups -OCH3 is 1. The number of nitrogens with one attached hydrogen (secondary N) is 1. The summed E-state index contributed by atoms with van der Waals surface area (Å²) >= 11 is 2.68. The molecular formula is C18H20N2O4S3. The predicted octanol–water partition coefficient (Wildman–Crippen LogP) is 3.33. The number of fused-ring (bicyclic) bond motifs is 1. The van der Waals surface area contributed by atoms with Crippen LogP contribution in [0.4, 0.5) is 0 Å². The van der Waals surface area contributed by atoms with Crippen molar-refractivity contribution in [1.82, 2.24) is 9.62 Å². The number of rotatable bonds is 7. The van der Waals surface area contributed by atoms with Crippen molar-refractivity contribution in [2.24, 2.45) is 0 Å². The average molecular weight is 425 g/mol. The SMILES string of the molecule is COC(=O)c1sccc1S(=O)(=O)NC[C@H](c1csc2ccccc12)N(C)C. The number of nitrogens with zero attached hydrogens (tertiary/aromatic N) is 1. The number of carbonyl (C=O) groups is 1. The summed E-state index contributed by atoms with van der Waals surface area (Å²) in [6.45, 7) is 0.187. The van der Waals surface area contributed by atoms with Gasteiger partial charge in [0.1, 0.15) is 9.77 Å². The Balaban J connectivity index is 1.87. The zero-order chi connectivity index (χ0) is 19.6. The highest BCUT2D eigenvalue weighted by Crippen LogP contribution is 2.32. The van der Waals surface area contributed by atoms with Gasteiger partial charge in [-0.05, 0) is 47.9 Å². The van der Waals surface area contributed by atoms with Crippen LogP contribution in [0.3, 0.4) is 0 Å². The van der Waals surface area contributed by atoms with Crippen LogP contribution in [0.25, 0.3) is 10.1 Å². The number of carbonyl (C=O) groups excluding carboxylic acids is 1. The first-order valence-corrected chi connectivity index (χ1v) is 11.4. The van der Waals surface area contributed by atoms with Gasteiger partial charge in [0.15, 0.2) is 0 Å². The number of esters is 1. The summed E-state index contributed by atoms with van der Waals surface area (Å²) in [6.07, 6.45) is 0. The Morgan fingerprint density at radius 2 is 1.96 bits per heavy atom. The average Bonchev–Trinajstić information content (AvgIpc) is 3.29. The maximum Gasteiger partial charge on any atom is 0.349 e. The van der Waals surface area contributed by atoms with Crippen molar-refractivity contribution in [3.63, 3.8) is 0 Å². The lowest BCUT2D eigenvalue weighted by atomic mass is 10.1. The molecule has 1 aromatic carbocycles. The van der Waals surface area contributed by atoms with Crippen LogP contribution in [-0.4, -0.2) is 47.0 Å². The summed E-state index contributed by atoms with van der Waals surface area (Å²) in [5.74, 6) is -0.654. The maximum absolute atomic E-state index is 12.8. The number of hydrogen-bond acceptors (Lipinski definition) is 7. The summed E-state index contributed by atoms with van der Waals surface area (Å²) in [5, 5.41) is 4.75. The lowest BCUT2D eigenvalue weighted by Crippen LogP contribution is -2.34. The molecule has 0 unspecified atom stereocenters. The van der Waals surface area contributed by atoms with Crippen LogP contribution in [0.2, 0.25) is 0 Å². The summed E-state index contributed by atoms with van der Waals surface area (Å²) in [5.41, 5.74) is 1.07. The Morgan fingerprint density at radius 1 is 1.22 bits per heavy atom.